The first-order chi connectivity index (χ1) is 9.15. The lowest BCUT2D eigenvalue weighted by molar-refractivity contribution is 0.332. The van der Waals surface area contributed by atoms with Gasteiger partial charge in [-0.3, -0.25) is 0 Å². The van der Waals surface area contributed by atoms with Gasteiger partial charge in [-0.25, -0.2) is 0 Å². The summed E-state index contributed by atoms with van der Waals surface area (Å²) in [7, 11) is 0. The van der Waals surface area contributed by atoms with Gasteiger partial charge in [-0.2, -0.15) is 0 Å². The molecule has 0 atom stereocenters. The molecule has 0 fully saturated rings. The van der Waals surface area contributed by atoms with E-state index in [-0.39, 0.29) is 0 Å². The highest BCUT2D eigenvalue weighted by Gasteiger charge is 1.98. The summed E-state index contributed by atoms with van der Waals surface area (Å²) in [6.07, 6.45) is 0. The summed E-state index contributed by atoms with van der Waals surface area (Å²) in [5.41, 5.74) is 2.10. The molecule has 0 radical (unpaired) electrons. The van der Waals surface area contributed by atoms with Crippen LogP contribution >= 0.6 is 27.5 Å². The van der Waals surface area contributed by atoms with Gasteiger partial charge in [0.15, 0.2) is 0 Å². The number of halogens is 2. The van der Waals surface area contributed by atoms with E-state index in [2.05, 4.69) is 21.2 Å². The fourth-order valence-corrected chi connectivity index (χ4v) is 2.19. The number of benzene rings is 2. The van der Waals surface area contributed by atoms with Gasteiger partial charge in [0.2, 0.25) is 0 Å². The van der Waals surface area contributed by atoms with Gasteiger partial charge in [-0.15, -0.1) is 0 Å². The zero-order valence-electron chi connectivity index (χ0n) is 10.6. The standard InChI is InChI=1S/C15H15BrClNO/c1-11-9-14(5-6-15(11)17)19-8-7-18-13-4-2-3-12(16)10-13/h2-6,9-10,18H,7-8H2,1H3. The van der Waals surface area contributed by atoms with Crippen LogP contribution in [0.4, 0.5) is 5.69 Å². The maximum absolute atomic E-state index is 5.96. The quantitative estimate of drug-likeness (QED) is 0.782. The van der Waals surface area contributed by atoms with Gasteiger partial charge in [-0.05, 0) is 48.9 Å². The largest absolute Gasteiger partial charge is 0.492 e. The highest BCUT2D eigenvalue weighted by molar-refractivity contribution is 9.10. The van der Waals surface area contributed by atoms with Crippen molar-refractivity contribution in [3.8, 4) is 5.75 Å². The number of hydrogen-bond donors (Lipinski definition) is 1. The maximum atomic E-state index is 5.96. The number of anilines is 1. The Morgan fingerprint density at radius 2 is 2.05 bits per heavy atom. The van der Waals surface area contributed by atoms with Crippen LogP contribution in [0.3, 0.4) is 0 Å². The van der Waals surface area contributed by atoms with Crippen molar-refractivity contribution in [2.45, 2.75) is 6.92 Å². The molecule has 0 bridgehead atoms. The van der Waals surface area contributed by atoms with E-state index in [1.807, 2.05) is 49.4 Å². The molecular formula is C15H15BrClNO. The number of hydrogen-bond acceptors (Lipinski definition) is 2. The second kappa shape index (κ2) is 6.83. The van der Waals surface area contributed by atoms with Gasteiger partial charge < -0.3 is 10.1 Å². The molecule has 1 N–H and O–H groups in total. The van der Waals surface area contributed by atoms with Crippen molar-refractivity contribution in [3.05, 3.63) is 57.5 Å². The van der Waals surface area contributed by atoms with Gasteiger partial charge >= 0.3 is 0 Å². The van der Waals surface area contributed by atoms with Gasteiger partial charge in [0, 0.05) is 21.7 Å². The highest BCUT2D eigenvalue weighted by atomic mass is 79.9. The summed E-state index contributed by atoms with van der Waals surface area (Å²) in [4.78, 5) is 0. The molecule has 0 aromatic heterocycles. The molecule has 4 heteroatoms. The molecule has 0 heterocycles. The normalized spacial score (nSPS) is 10.3. The lowest BCUT2D eigenvalue weighted by Crippen LogP contribution is -2.11. The minimum absolute atomic E-state index is 0.605. The van der Waals surface area contributed by atoms with E-state index >= 15 is 0 Å². The lowest BCUT2D eigenvalue weighted by Gasteiger charge is -2.09. The Morgan fingerprint density at radius 3 is 2.79 bits per heavy atom. The molecule has 2 aromatic rings. The van der Waals surface area contributed by atoms with E-state index in [1.165, 1.54) is 0 Å². The Hall–Kier alpha value is -1.19. The Morgan fingerprint density at radius 1 is 1.21 bits per heavy atom. The van der Waals surface area contributed by atoms with Crippen molar-refractivity contribution in [1.29, 1.82) is 0 Å². The van der Waals surface area contributed by atoms with E-state index in [0.29, 0.717) is 6.61 Å². The molecule has 2 rings (SSSR count). The number of nitrogens with one attached hydrogen (secondary N) is 1. The monoisotopic (exact) mass is 339 g/mol. The minimum atomic E-state index is 0.605. The summed E-state index contributed by atoms with van der Waals surface area (Å²) in [5, 5.41) is 4.06. The molecule has 0 spiro atoms. The molecule has 0 aliphatic carbocycles. The molecule has 0 aliphatic heterocycles. The summed E-state index contributed by atoms with van der Waals surface area (Å²) in [6, 6.07) is 13.7. The predicted octanol–water partition coefficient (Wildman–Crippen LogP) is 4.90. The summed E-state index contributed by atoms with van der Waals surface area (Å²) >= 11 is 9.40. The van der Waals surface area contributed by atoms with Gasteiger partial charge in [0.1, 0.15) is 12.4 Å². The zero-order chi connectivity index (χ0) is 13.7. The maximum Gasteiger partial charge on any atom is 0.119 e. The Labute approximate surface area is 126 Å². The van der Waals surface area contributed by atoms with Crippen molar-refractivity contribution < 1.29 is 4.74 Å². The Balaban J connectivity index is 1.79. The first-order valence-corrected chi connectivity index (χ1v) is 7.20. The molecule has 100 valence electrons. The molecule has 0 saturated carbocycles. The van der Waals surface area contributed by atoms with Crippen molar-refractivity contribution >= 4 is 33.2 Å². The molecule has 2 aromatic carbocycles. The molecule has 0 unspecified atom stereocenters. The van der Waals surface area contributed by atoms with Crippen LogP contribution in [0.25, 0.3) is 0 Å². The second-order valence-corrected chi connectivity index (χ2v) is 5.52. The SMILES string of the molecule is Cc1cc(OCCNc2cccc(Br)c2)ccc1Cl. The van der Waals surface area contributed by atoms with Crippen molar-refractivity contribution in [2.24, 2.45) is 0 Å². The van der Waals surface area contributed by atoms with Gasteiger partial charge in [0.25, 0.3) is 0 Å². The second-order valence-electron chi connectivity index (χ2n) is 4.20. The summed E-state index contributed by atoms with van der Waals surface area (Å²) in [6.45, 7) is 3.32. The first-order valence-electron chi connectivity index (χ1n) is 6.03. The average Bonchev–Trinajstić information content (AvgIpc) is 2.39. The Bertz CT molecular complexity index is 560. The third kappa shape index (κ3) is 4.44. The summed E-state index contributed by atoms with van der Waals surface area (Å²) in [5.74, 6) is 0.845. The van der Waals surface area contributed by atoms with Crippen molar-refractivity contribution in [3.63, 3.8) is 0 Å². The first kappa shape index (κ1) is 14.2. The molecule has 19 heavy (non-hydrogen) atoms. The van der Waals surface area contributed by atoms with Crippen LogP contribution in [0, 0.1) is 6.92 Å². The topological polar surface area (TPSA) is 21.3 Å². The smallest absolute Gasteiger partial charge is 0.119 e. The third-order valence-corrected chi connectivity index (χ3v) is 3.57. The van der Waals surface area contributed by atoms with Crippen LogP contribution in [0.15, 0.2) is 46.9 Å². The predicted molar refractivity (Wildman–Crippen MR) is 84.3 cm³/mol. The summed E-state index contributed by atoms with van der Waals surface area (Å²) < 4.78 is 6.72. The van der Waals surface area contributed by atoms with Gasteiger partial charge in [0.05, 0.1) is 0 Å². The molecular weight excluding hydrogens is 326 g/mol. The number of aryl methyl sites for hydroxylation is 1. The van der Waals surface area contributed by atoms with Crippen molar-refractivity contribution in [1.82, 2.24) is 0 Å². The van der Waals surface area contributed by atoms with E-state index in [9.17, 15) is 0 Å². The van der Waals surface area contributed by atoms with Crippen LogP contribution in [0.1, 0.15) is 5.56 Å². The van der Waals surface area contributed by atoms with Crippen LogP contribution in [-0.2, 0) is 0 Å². The van der Waals surface area contributed by atoms with E-state index in [1.54, 1.807) is 0 Å². The number of ether oxygens (including phenoxy) is 1. The van der Waals surface area contributed by atoms with Crippen LogP contribution in [-0.4, -0.2) is 13.2 Å². The molecule has 2 nitrogen and oxygen atoms in total. The van der Waals surface area contributed by atoms with E-state index < -0.39 is 0 Å². The zero-order valence-corrected chi connectivity index (χ0v) is 13.0. The molecule has 0 amide bonds. The highest BCUT2D eigenvalue weighted by Crippen LogP contribution is 2.21. The Kier molecular flexibility index (Phi) is 5.11. The number of rotatable bonds is 5. The van der Waals surface area contributed by atoms with Crippen molar-refractivity contribution in [2.75, 3.05) is 18.5 Å². The van der Waals surface area contributed by atoms with E-state index in [0.717, 1.165) is 33.0 Å². The molecule has 0 aliphatic rings. The lowest BCUT2D eigenvalue weighted by atomic mass is 10.2. The van der Waals surface area contributed by atoms with Crippen LogP contribution in [0.5, 0.6) is 5.75 Å². The van der Waals surface area contributed by atoms with E-state index in [4.69, 9.17) is 16.3 Å². The minimum Gasteiger partial charge on any atom is -0.492 e. The van der Waals surface area contributed by atoms with Crippen LogP contribution in [0.2, 0.25) is 5.02 Å². The fourth-order valence-electron chi connectivity index (χ4n) is 1.67. The van der Waals surface area contributed by atoms with Crippen LogP contribution < -0.4 is 10.1 Å². The molecule has 0 saturated heterocycles. The third-order valence-electron chi connectivity index (χ3n) is 2.65. The average molecular weight is 341 g/mol. The fraction of sp³-hybridized carbons (Fsp3) is 0.200. The van der Waals surface area contributed by atoms with Gasteiger partial charge in [-0.1, -0.05) is 33.6 Å².